The first-order valence-corrected chi connectivity index (χ1v) is 13.0. The predicted molar refractivity (Wildman–Crippen MR) is 149 cm³/mol. The van der Waals surface area contributed by atoms with Crippen LogP contribution < -0.4 is 15.2 Å². The van der Waals surface area contributed by atoms with E-state index in [9.17, 15) is 13.2 Å². The topological polar surface area (TPSA) is 93.0 Å². The fraction of sp³-hybridized carbons (Fsp3) is 0.276. The summed E-state index contributed by atoms with van der Waals surface area (Å²) in [7, 11) is 5.31. The monoisotopic (exact) mass is 584 g/mol. The lowest BCUT2D eigenvalue weighted by Crippen LogP contribution is -2.42. The van der Waals surface area contributed by atoms with Gasteiger partial charge in [-0.1, -0.05) is 29.8 Å². The highest BCUT2D eigenvalue weighted by Gasteiger charge is 2.38. The molecule has 8 nitrogen and oxygen atoms in total. The lowest BCUT2D eigenvalue weighted by Gasteiger charge is -2.31. The first-order valence-electron chi connectivity index (χ1n) is 12.6. The van der Waals surface area contributed by atoms with Crippen molar-refractivity contribution >= 4 is 22.5 Å². The molecule has 3 aromatic heterocycles. The van der Waals surface area contributed by atoms with Crippen molar-refractivity contribution in [1.29, 1.82) is 0 Å². The van der Waals surface area contributed by atoms with Gasteiger partial charge in [-0.2, -0.15) is 0 Å². The molecule has 5 aromatic rings. The van der Waals surface area contributed by atoms with Crippen molar-refractivity contribution in [2.24, 2.45) is 19.8 Å². The number of pyridine rings is 1. The van der Waals surface area contributed by atoms with Gasteiger partial charge in [0.15, 0.2) is 0 Å². The minimum atomic E-state index is -4.77. The van der Waals surface area contributed by atoms with Crippen LogP contribution in [0.15, 0.2) is 54.9 Å². The quantitative estimate of drug-likeness (QED) is 0.263. The van der Waals surface area contributed by atoms with Gasteiger partial charge in [-0.25, -0.2) is 15.0 Å². The van der Waals surface area contributed by atoms with E-state index in [1.54, 1.807) is 12.4 Å². The van der Waals surface area contributed by atoms with Gasteiger partial charge >= 0.3 is 6.36 Å². The first kappa shape index (κ1) is 28.4. The molecule has 12 heteroatoms. The third-order valence-electron chi connectivity index (χ3n) is 7.41. The number of aryl methyl sites for hydroxylation is 2. The van der Waals surface area contributed by atoms with Gasteiger partial charge in [0.1, 0.15) is 22.9 Å². The Hall–Kier alpha value is -4.09. The molecule has 214 valence electrons. The number of nitrogens with zero attached hydrogens (tertiary/aromatic N) is 5. The minimum absolute atomic E-state index is 0.261. The van der Waals surface area contributed by atoms with Crippen molar-refractivity contribution in [3.05, 3.63) is 99.6 Å². The van der Waals surface area contributed by atoms with E-state index in [2.05, 4.69) is 19.7 Å². The summed E-state index contributed by atoms with van der Waals surface area (Å²) in [4.78, 5) is 13.6. The van der Waals surface area contributed by atoms with E-state index in [0.29, 0.717) is 32.9 Å². The lowest BCUT2D eigenvalue weighted by molar-refractivity contribution is -0.274. The van der Waals surface area contributed by atoms with E-state index in [-0.39, 0.29) is 12.2 Å². The summed E-state index contributed by atoms with van der Waals surface area (Å²) >= 11 is 7.01. The molecule has 0 amide bonds. The van der Waals surface area contributed by atoms with E-state index in [4.69, 9.17) is 22.1 Å². The number of rotatable bonds is 7. The van der Waals surface area contributed by atoms with Gasteiger partial charge in [0, 0.05) is 31.5 Å². The molecule has 0 saturated carbocycles. The number of nitrogens with two attached hydrogens (primary N) is 1. The predicted octanol–water partition coefficient (Wildman–Crippen LogP) is 5.72. The molecule has 0 aliphatic rings. The second-order valence-corrected chi connectivity index (χ2v) is 10.2. The van der Waals surface area contributed by atoms with Crippen molar-refractivity contribution < 1.29 is 22.6 Å². The number of imidazole rings is 2. The van der Waals surface area contributed by atoms with Crippen LogP contribution in [0.3, 0.4) is 0 Å². The summed E-state index contributed by atoms with van der Waals surface area (Å²) in [5, 5.41) is 1.04. The van der Waals surface area contributed by atoms with Crippen molar-refractivity contribution in [2.45, 2.75) is 32.2 Å². The number of benzene rings is 2. The zero-order valence-corrected chi connectivity index (χ0v) is 23.8. The summed E-state index contributed by atoms with van der Waals surface area (Å²) in [6.45, 7) is 3.81. The van der Waals surface area contributed by atoms with Crippen LogP contribution in [0.4, 0.5) is 13.2 Å². The van der Waals surface area contributed by atoms with Gasteiger partial charge in [0.2, 0.25) is 5.88 Å². The molecule has 0 spiro atoms. The summed E-state index contributed by atoms with van der Waals surface area (Å²) in [5.41, 5.74) is 10.3. The van der Waals surface area contributed by atoms with E-state index in [0.717, 1.165) is 28.6 Å². The number of halogens is 4. The molecule has 0 bridgehead atoms. The van der Waals surface area contributed by atoms with E-state index in [1.165, 1.54) is 31.4 Å². The summed E-state index contributed by atoms with van der Waals surface area (Å²) in [6.07, 6.45) is -0.994. The Balaban J connectivity index is 1.64. The number of hydrogen-bond acceptors (Lipinski definition) is 6. The third kappa shape index (κ3) is 5.11. The van der Waals surface area contributed by atoms with Crippen LogP contribution in [0.1, 0.15) is 39.7 Å². The lowest BCUT2D eigenvalue weighted by atomic mass is 9.83. The SMILES string of the molecule is COc1nc2ccc(C(N)(c3cnc(C)n3C)c3cnc(C)n3C)cc2c(Cl)c1Cc1ccc(OC(F)(F)F)cc1. The number of methoxy groups -OCH3 is 1. The van der Waals surface area contributed by atoms with E-state index < -0.39 is 11.9 Å². The molecule has 3 heterocycles. The second kappa shape index (κ2) is 10.4. The molecule has 0 aliphatic carbocycles. The Labute approximate surface area is 239 Å². The van der Waals surface area contributed by atoms with Gasteiger partial charge in [0.25, 0.3) is 0 Å². The van der Waals surface area contributed by atoms with Crippen LogP contribution in [0, 0.1) is 13.8 Å². The highest BCUT2D eigenvalue weighted by molar-refractivity contribution is 6.36. The third-order valence-corrected chi connectivity index (χ3v) is 7.85. The summed E-state index contributed by atoms with van der Waals surface area (Å²) in [5.74, 6) is 1.60. The number of ether oxygens (including phenoxy) is 2. The van der Waals surface area contributed by atoms with Crippen molar-refractivity contribution in [3.8, 4) is 11.6 Å². The van der Waals surface area contributed by atoms with Gasteiger partial charge in [-0.15, -0.1) is 13.2 Å². The molecule has 0 atom stereocenters. The number of aromatic nitrogens is 5. The zero-order chi connectivity index (χ0) is 29.7. The zero-order valence-electron chi connectivity index (χ0n) is 23.0. The molecule has 0 saturated heterocycles. The molecule has 0 fully saturated rings. The normalized spacial score (nSPS) is 12.2. The molecule has 0 unspecified atom stereocenters. The largest absolute Gasteiger partial charge is 0.573 e. The molecule has 0 aliphatic heterocycles. The molecule has 41 heavy (non-hydrogen) atoms. The Kier molecular flexibility index (Phi) is 7.20. The Bertz CT molecular complexity index is 1700. The molecule has 5 rings (SSSR count). The highest BCUT2D eigenvalue weighted by Crippen LogP contribution is 2.39. The summed E-state index contributed by atoms with van der Waals surface area (Å²) < 4.78 is 51.2. The summed E-state index contributed by atoms with van der Waals surface area (Å²) in [6, 6.07) is 11.2. The van der Waals surface area contributed by atoms with Crippen molar-refractivity contribution in [2.75, 3.05) is 7.11 Å². The minimum Gasteiger partial charge on any atom is -0.481 e. The molecule has 2 aromatic carbocycles. The maximum Gasteiger partial charge on any atom is 0.573 e. The highest BCUT2D eigenvalue weighted by atomic mass is 35.5. The number of hydrogen-bond donors (Lipinski definition) is 1. The maximum absolute atomic E-state index is 12.6. The maximum atomic E-state index is 12.6. The average Bonchev–Trinajstić information content (AvgIpc) is 3.45. The van der Waals surface area contributed by atoms with Crippen molar-refractivity contribution in [3.63, 3.8) is 0 Å². The molecular weight excluding hydrogens is 557 g/mol. The Morgan fingerprint density at radius 3 is 2.00 bits per heavy atom. The number of alkyl halides is 3. The fourth-order valence-corrected chi connectivity index (χ4v) is 5.29. The van der Waals surface area contributed by atoms with Crippen LogP contribution >= 0.6 is 11.6 Å². The van der Waals surface area contributed by atoms with Crippen LogP contribution in [0.25, 0.3) is 10.9 Å². The molecule has 0 radical (unpaired) electrons. The molecule has 2 N–H and O–H groups in total. The van der Waals surface area contributed by atoms with Gasteiger partial charge in [-0.05, 0) is 49.2 Å². The van der Waals surface area contributed by atoms with Gasteiger partial charge in [-0.3, -0.25) is 0 Å². The average molecular weight is 585 g/mol. The van der Waals surface area contributed by atoms with E-state index in [1.807, 2.05) is 55.3 Å². The van der Waals surface area contributed by atoms with Crippen molar-refractivity contribution in [1.82, 2.24) is 24.1 Å². The smallest absolute Gasteiger partial charge is 0.481 e. The number of fused-ring (bicyclic) bond motifs is 1. The van der Waals surface area contributed by atoms with Crippen LogP contribution in [-0.2, 0) is 26.1 Å². The van der Waals surface area contributed by atoms with Crippen LogP contribution in [-0.4, -0.2) is 37.6 Å². The van der Waals surface area contributed by atoms with Gasteiger partial charge < -0.3 is 24.3 Å². The fourth-order valence-electron chi connectivity index (χ4n) is 4.99. The Morgan fingerprint density at radius 1 is 0.927 bits per heavy atom. The van der Waals surface area contributed by atoms with Crippen LogP contribution in [0.5, 0.6) is 11.6 Å². The standard InChI is InChI=1S/C29H28ClF3N6O2/c1-16-35-14-24(38(16)3)28(34,25-15-36-17(2)39(25)4)19-8-11-23-21(13-19)26(30)22(27(37-23)40-5)12-18-6-9-20(10-7-18)41-29(31,32)33/h6-11,13-15H,12,34H2,1-5H3. The Morgan fingerprint density at radius 2 is 1.51 bits per heavy atom. The van der Waals surface area contributed by atoms with E-state index >= 15 is 0 Å². The second-order valence-electron chi connectivity index (χ2n) is 9.82. The van der Waals surface area contributed by atoms with Crippen LogP contribution in [0.2, 0.25) is 5.02 Å². The first-order chi connectivity index (χ1) is 19.3. The molecular formula is C29H28ClF3N6O2. The van der Waals surface area contributed by atoms with Gasteiger partial charge in [0.05, 0.1) is 41.4 Å².